The van der Waals surface area contributed by atoms with Crippen LogP contribution < -0.4 is 4.90 Å². The topological polar surface area (TPSA) is 84.0 Å². The molecule has 2 aliphatic rings. The number of ether oxygens (including phenoxy) is 1. The van der Waals surface area contributed by atoms with Gasteiger partial charge in [0.25, 0.3) is 11.8 Å². The fourth-order valence-electron chi connectivity index (χ4n) is 4.78. The van der Waals surface area contributed by atoms with Crippen LogP contribution in [0.1, 0.15) is 48.6 Å². The molecule has 0 aliphatic carbocycles. The quantitative estimate of drug-likeness (QED) is 0.276. The number of anilines is 1. The molecule has 0 N–H and O–H groups in total. The van der Waals surface area contributed by atoms with Gasteiger partial charge in [0, 0.05) is 36.0 Å². The molecule has 2 amide bonds. The van der Waals surface area contributed by atoms with Crippen LogP contribution in [-0.2, 0) is 16.0 Å². The second-order valence-corrected chi connectivity index (χ2v) is 9.23. The fourth-order valence-corrected chi connectivity index (χ4v) is 4.78. The number of rotatable bonds is 7. The Morgan fingerprint density at radius 2 is 1.51 bits per heavy atom. The number of aryl methyl sites for hydroxylation is 1. The highest BCUT2D eigenvalue weighted by Crippen LogP contribution is 2.28. The Balaban J connectivity index is 1.32. The third-order valence-corrected chi connectivity index (χ3v) is 6.85. The van der Waals surface area contributed by atoms with Crippen LogP contribution in [0, 0.1) is 6.92 Å². The first-order valence-corrected chi connectivity index (χ1v) is 12.1. The number of ketones is 1. The van der Waals surface area contributed by atoms with Gasteiger partial charge >= 0.3 is 5.97 Å². The maximum absolute atomic E-state index is 12.9. The van der Waals surface area contributed by atoms with Crippen LogP contribution in [0.4, 0.5) is 5.69 Å². The molecule has 1 atom stereocenters. The zero-order chi connectivity index (χ0) is 26.1. The number of fused-ring (bicyclic) bond motifs is 1. The van der Waals surface area contributed by atoms with Crippen molar-refractivity contribution in [1.82, 2.24) is 4.90 Å². The highest BCUT2D eigenvalue weighted by Gasteiger charge is 2.43. The summed E-state index contributed by atoms with van der Waals surface area (Å²) in [4.78, 5) is 54.4. The molecule has 0 unspecified atom stereocenters. The van der Waals surface area contributed by atoms with Crippen molar-refractivity contribution in [2.24, 2.45) is 0 Å². The van der Waals surface area contributed by atoms with Crippen LogP contribution in [0.2, 0.25) is 0 Å². The van der Waals surface area contributed by atoms with Crippen molar-refractivity contribution in [3.05, 3.63) is 112 Å². The van der Waals surface area contributed by atoms with Gasteiger partial charge in [-0.25, -0.2) is 4.79 Å². The van der Waals surface area contributed by atoms with E-state index in [0.29, 0.717) is 18.5 Å². The summed E-state index contributed by atoms with van der Waals surface area (Å²) in [5.41, 5.74) is 4.79. The van der Waals surface area contributed by atoms with Crippen molar-refractivity contribution in [2.45, 2.75) is 25.8 Å². The highest BCUT2D eigenvalue weighted by atomic mass is 16.5. The van der Waals surface area contributed by atoms with E-state index in [-0.39, 0.29) is 23.3 Å². The summed E-state index contributed by atoms with van der Waals surface area (Å²) in [6.45, 7) is 2.67. The molecule has 0 saturated carbocycles. The van der Waals surface area contributed by atoms with Gasteiger partial charge in [0.15, 0.2) is 5.78 Å². The molecular formula is C30H26N2O5. The summed E-state index contributed by atoms with van der Waals surface area (Å²) >= 11 is 0. The third-order valence-electron chi connectivity index (χ3n) is 6.85. The molecule has 0 saturated heterocycles. The average molecular weight is 495 g/mol. The number of hydrogen-bond acceptors (Lipinski definition) is 6. The van der Waals surface area contributed by atoms with Gasteiger partial charge in [-0.2, -0.15) is 0 Å². The van der Waals surface area contributed by atoms with Crippen LogP contribution in [0.15, 0.2) is 84.6 Å². The Labute approximate surface area is 215 Å². The first-order chi connectivity index (χ1) is 17.9. The molecule has 37 heavy (non-hydrogen) atoms. The summed E-state index contributed by atoms with van der Waals surface area (Å²) in [6.07, 6.45) is 2.66. The van der Waals surface area contributed by atoms with Crippen LogP contribution >= 0.6 is 0 Å². The normalized spacial score (nSPS) is 15.5. The van der Waals surface area contributed by atoms with Crippen molar-refractivity contribution in [3.63, 3.8) is 0 Å². The van der Waals surface area contributed by atoms with Crippen molar-refractivity contribution in [3.8, 4) is 0 Å². The lowest BCUT2D eigenvalue weighted by Gasteiger charge is -2.24. The molecule has 186 valence electrons. The van der Waals surface area contributed by atoms with Crippen molar-refractivity contribution < 1.29 is 23.9 Å². The largest absolute Gasteiger partial charge is 0.467 e. The highest BCUT2D eigenvalue weighted by molar-refractivity contribution is 6.22. The molecule has 5 rings (SSSR count). The zero-order valence-corrected chi connectivity index (χ0v) is 20.6. The van der Waals surface area contributed by atoms with E-state index >= 15 is 0 Å². The van der Waals surface area contributed by atoms with Gasteiger partial charge in [-0.3, -0.25) is 19.3 Å². The lowest BCUT2D eigenvalue weighted by Crippen LogP contribution is -2.46. The van der Waals surface area contributed by atoms with Crippen molar-refractivity contribution in [1.29, 1.82) is 0 Å². The molecule has 7 heteroatoms. The number of carbonyl (C=O) groups is 4. The SMILES string of the molecule is COC(=O)[C@H](Cc1ccc(N2C=C(C(=O)c3ccc(C)cc3)CC2)cc1)N1C(=O)c2ccccc2C1=O. The lowest BCUT2D eigenvalue weighted by atomic mass is 10.0. The minimum Gasteiger partial charge on any atom is -0.467 e. The molecule has 0 spiro atoms. The molecule has 2 heterocycles. The smallest absolute Gasteiger partial charge is 0.329 e. The van der Waals surface area contributed by atoms with Crippen molar-refractivity contribution in [2.75, 3.05) is 18.6 Å². The maximum Gasteiger partial charge on any atom is 0.329 e. The molecule has 0 aromatic heterocycles. The fraction of sp³-hybridized carbons (Fsp3) is 0.200. The molecule has 0 radical (unpaired) electrons. The Hall–Kier alpha value is -4.52. The molecule has 3 aromatic carbocycles. The lowest BCUT2D eigenvalue weighted by molar-refractivity contribution is -0.145. The van der Waals surface area contributed by atoms with E-state index in [0.717, 1.165) is 27.3 Å². The number of hydrogen-bond donors (Lipinski definition) is 0. The predicted molar refractivity (Wildman–Crippen MR) is 138 cm³/mol. The zero-order valence-electron chi connectivity index (χ0n) is 20.6. The molecular weight excluding hydrogens is 468 g/mol. The van der Waals surface area contributed by atoms with Gasteiger partial charge in [0.05, 0.1) is 18.2 Å². The number of benzene rings is 3. The summed E-state index contributed by atoms with van der Waals surface area (Å²) in [5.74, 6) is -1.62. The van der Waals surface area contributed by atoms with E-state index in [9.17, 15) is 19.2 Å². The summed E-state index contributed by atoms with van der Waals surface area (Å²) < 4.78 is 4.94. The first kappa shape index (κ1) is 24.2. The van der Waals surface area contributed by atoms with E-state index in [2.05, 4.69) is 0 Å². The molecule has 0 fully saturated rings. The number of imide groups is 1. The van der Waals surface area contributed by atoms with Crippen molar-refractivity contribution >= 4 is 29.3 Å². The Kier molecular flexibility index (Phi) is 6.44. The number of carbonyl (C=O) groups excluding carboxylic acids is 4. The van der Waals surface area contributed by atoms with E-state index in [4.69, 9.17) is 4.74 Å². The summed E-state index contributed by atoms with van der Waals surface area (Å²) in [5, 5.41) is 0. The molecule has 7 nitrogen and oxygen atoms in total. The van der Waals surface area contributed by atoms with Crippen LogP contribution in [0.3, 0.4) is 0 Å². The number of methoxy groups -OCH3 is 1. The van der Waals surface area contributed by atoms with Gasteiger partial charge in [-0.1, -0.05) is 54.1 Å². The van der Waals surface area contributed by atoms with Crippen LogP contribution in [0.25, 0.3) is 0 Å². The second-order valence-electron chi connectivity index (χ2n) is 9.23. The monoisotopic (exact) mass is 494 g/mol. The Morgan fingerprint density at radius 1 is 0.892 bits per heavy atom. The maximum atomic E-state index is 12.9. The van der Waals surface area contributed by atoms with Gasteiger partial charge in [-0.15, -0.1) is 0 Å². The standard InChI is InChI=1S/C30H26N2O5/c1-19-7-11-21(12-8-19)27(33)22-15-16-31(18-22)23-13-9-20(10-14-23)17-26(30(36)37-2)32-28(34)24-5-3-4-6-25(24)29(32)35/h3-14,18,26H,15-17H2,1-2H3/t26-/m0/s1. The van der Waals surface area contributed by atoms with E-state index in [1.54, 1.807) is 24.3 Å². The number of Topliss-reactive ketones (excluding diaryl/α,β-unsaturated/α-hetero) is 1. The predicted octanol–water partition coefficient (Wildman–Crippen LogP) is 4.35. The van der Waals surface area contributed by atoms with Crippen LogP contribution in [-0.4, -0.2) is 48.2 Å². The van der Waals surface area contributed by atoms with Gasteiger partial charge < -0.3 is 9.64 Å². The Bertz CT molecular complexity index is 1390. The number of esters is 1. The number of nitrogens with zero attached hydrogens (tertiary/aromatic N) is 2. The third kappa shape index (κ3) is 4.56. The minimum atomic E-state index is -1.08. The van der Waals surface area contributed by atoms with E-state index < -0.39 is 23.8 Å². The Morgan fingerprint density at radius 3 is 2.11 bits per heavy atom. The molecule has 2 aliphatic heterocycles. The molecule has 0 bridgehead atoms. The summed E-state index contributed by atoms with van der Waals surface area (Å²) in [6, 6.07) is 20.6. The van der Waals surface area contributed by atoms with Crippen LogP contribution in [0.5, 0.6) is 0 Å². The van der Waals surface area contributed by atoms with Gasteiger partial charge in [0.1, 0.15) is 6.04 Å². The van der Waals surface area contributed by atoms with E-state index in [1.165, 1.54) is 7.11 Å². The minimum absolute atomic E-state index is 0.0287. The van der Waals surface area contributed by atoms with E-state index in [1.807, 2.05) is 66.6 Å². The van der Waals surface area contributed by atoms with Gasteiger partial charge in [-0.05, 0) is 43.2 Å². The second kappa shape index (κ2) is 9.85. The average Bonchev–Trinajstić information content (AvgIpc) is 3.51. The molecule has 3 aromatic rings. The van der Waals surface area contributed by atoms with Gasteiger partial charge in [0.2, 0.25) is 0 Å². The number of amides is 2. The first-order valence-electron chi connectivity index (χ1n) is 12.1. The summed E-state index contributed by atoms with van der Waals surface area (Å²) in [7, 11) is 1.24.